The second kappa shape index (κ2) is 7.14. The van der Waals surface area contributed by atoms with Gasteiger partial charge in [0.2, 0.25) is 15.2 Å². The maximum atomic E-state index is 12.6. The van der Waals surface area contributed by atoms with Crippen LogP contribution in [0.1, 0.15) is 29.2 Å². The van der Waals surface area contributed by atoms with Crippen molar-refractivity contribution in [3.8, 4) is 0 Å². The average molecular weight is 389 g/mol. The second-order valence-electron chi connectivity index (χ2n) is 5.34. The number of nitrogens with one attached hydrogen (secondary N) is 1. The van der Waals surface area contributed by atoms with Crippen LogP contribution in [-0.4, -0.2) is 41.9 Å². The van der Waals surface area contributed by atoms with Crippen LogP contribution in [0.5, 0.6) is 0 Å². The molecule has 0 spiro atoms. The van der Waals surface area contributed by atoms with Gasteiger partial charge in [0, 0.05) is 13.1 Å². The molecule has 0 radical (unpaired) electrons. The summed E-state index contributed by atoms with van der Waals surface area (Å²) >= 11 is 7.26. The Bertz CT molecular complexity index is 865. The lowest BCUT2D eigenvalue weighted by molar-refractivity contribution is 0.102. The first kappa shape index (κ1) is 18.8. The molecule has 0 fully saturated rings. The smallest absolute Gasteiger partial charge is 0.259 e. The molecule has 0 unspecified atom stereocenters. The van der Waals surface area contributed by atoms with Gasteiger partial charge in [0.25, 0.3) is 5.91 Å². The van der Waals surface area contributed by atoms with E-state index >= 15 is 0 Å². The molecule has 1 aromatic carbocycles. The van der Waals surface area contributed by atoms with E-state index < -0.39 is 15.9 Å². The summed E-state index contributed by atoms with van der Waals surface area (Å²) < 4.78 is 26.3. The molecule has 2 rings (SSSR count). The van der Waals surface area contributed by atoms with E-state index in [1.165, 1.54) is 40.9 Å². The normalized spacial score (nSPS) is 12.0. The van der Waals surface area contributed by atoms with Crippen LogP contribution >= 0.6 is 22.9 Å². The minimum absolute atomic E-state index is 0.00157. The third-order valence-corrected chi connectivity index (χ3v) is 6.45. The number of nitrogens with zero attached hydrogens (tertiary/aromatic N) is 3. The molecular formula is C14H17ClN4O3S2. The number of hydrogen-bond donors (Lipinski definition) is 1. The van der Waals surface area contributed by atoms with E-state index in [-0.39, 0.29) is 21.5 Å². The van der Waals surface area contributed by atoms with E-state index in [4.69, 9.17) is 11.6 Å². The number of aromatic nitrogens is 2. The van der Waals surface area contributed by atoms with Crippen LogP contribution in [0.15, 0.2) is 23.1 Å². The molecule has 1 N–H and O–H groups in total. The fourth-order valence-electron chi connectivity index (χ4n) is 1.79. The lowest BCUT2D eigenvalue weighted by Crippen LogP contribution is -2.33. The molecule has 0 saturated carbocycles. The molecule has 0 aliphatic heterocycles. The number of rotatable bonds is 5. The van der Waals surface area contributed by atoms with Gasteiger partial charge in [-0.15, -0.1) is 10.2 Å². The molecular weight excluding hydrogens is 372 g/mol. The van der Waals surface area contributed by atoms with E-state index in [1.54, 1.807) is 20.8 Å². The molecule has 0 aliphatic carbocycles. The quantitative estimate of drug-likeness (QED) is 0.850. The monoisotopic (exact) mass is 388 g/mol. The maximum absolute atomic E-state index is 12.6. The van der Waals surface area contributed by atoms with Gasteiger partial charge >= 0.3 is 0 Å². The van der Waals surface area contributed by atoms with E-state index in [0.29, 0.717) is 10.1 Å². The van der Waals surface area contributed by atoms with Crippen LogP contribution in [0.2, 0.25) is 5.02 Å². The fourth-order valence-corrected chi connectivity index (χ4v) is 3.98. The van der Waals surface area contributed by atoms with Crippen LogP contribution in [0.3, 0.4) is 0 Å². The number of hydrogen-bond acceptors (Lipinski definition) is 6. The Morgan fingerprint density at radius 3 is 2.54 bits per heavy atom. The fraction of sp³-hybridized carbons (Fsp3) is 0.357. The van der Waals surface area contributed by atoms with Gasteiger partial charge < -0.3 is 0 Å². The Labute approximate surface area is 149 Å². The Morgan fingerprint density at radius 2 is 2.00 bits per heavy atom. The summed E-state index contributed by atoms with van der Waals surface area (Å²) in [5, 5.41) is 11.3. The Balaban J connectivity index is 2.36. The SMILES string of the molecule is Cc1nnc(NC(=O)c2cc(S(=O)(=O)N(C)C(C)C)ccc2Cl)s1. The minimum Gasteiger partial charge on any atom is -0.296 e. The predicted octanol–water partition coefficient (Wildman–Crippen LogP) is 2.78. The van der Waals surface area contributed by atoms with Crippen molar-refractivity contribution >= 4 is 44.0 Å². The molecule has 0 atom stereocenters. The van der Waals surface area contributed by atoms with Crippen molar-refractivity contribution in [2.45, 2.75) is 31.7 Å². The zero-order valence-electron chi connectivity index (χ0n) is 13.6. The molecule has 2 aromatic rings. The first-order valence-corrected chi connectivity index (χ1v) is 9.65. The van der Waals surface area contributed by atoms with Gasteiger partial charge in [-0.25, -0.2) is 8.42 Å². The first-order valence-electron chi connectivity index (χ1n) is 7.02. The van der Waals surface area contributed by atoms with Gasteiger partial charge in [0.05, 0.1) is 15.5 Å². The van der Waals surface area contributed by atoms with E-state index in [2.05, 4.69) is 15.5 Å². The van der Waals surface area contributed by atoms with Crippen molar-refractivity contribution in [2.24, 2.45) is 0 Å². The van der Waals surface area contributed by atoms with Crippen molar-refractivity contribution in [2.75, 3.05) is 12.4 Å². The van der Waals surface area contributed by atoms with Crippen LogP contribution in [-0.2, 0) is 10.0 Å². The van der Waals surface area contributed by atoms with Crippen molar-refractivity contribution < 1.29 is 13.2 Å². The number of amides is 1. The van der Waals surface area contributed by atoms with Gasteiger partial charge in [-0.2, -0.15) is 4.31 Å². The highest BCUT2D eigenvalue weighted by Crippen LogP contribution is 2.25. The number of carbonyl (C=O) groups excluding carboxylic acids is 1. The van der Waals surface area contributed by atoms with Crippen molar-refractivity contribution in [3.63, 3.8) is 0 Å². The van der Waals surface area contributed by atoms with Crippen molar-refractivity contribution in [1.29, 1.82) is 0 Å². The van der Waals surface area contributed by atoms with Gasteiger partial charge in [-0.05, 0) is 39.0 Å². The Kier molecular flexibility index (Phi) is 5.59. The van der Waals surface area contributed by atoms with Crippen molar-refractivity contribution in [3.05, 3.63) is 33.8 Å². The van der Waals surface area contributed by atoms with Gasteiger partial charge in [0.1, 0.15) is 5.01 Å². The van der Waals surface area contributed by atoms with Gasteiger partial charge in [0.15, 0.2) is 0 Å². The summed E-state index contributed by atoms with van der Waals surface area (Å²) in [5.41, 5.74) is 0.0581. The van der Waals surface area contributed by atoms with E-state index in [9.17, 15) is 13.2 Å². The summed E-state index contributed by atoms with van der Waals surface area (Å²) in [6.07, 6.45) is 0. The maximum Gasteiger partial charge on any atom is 0.259 e. The molecule has 7 nitrogen and oxygen atoms in total. The first-order chi connectivity index (χ1) is 11.1. The topological polar surface area (TPSA) is 92.3 Å². The number of sulfonamides is 1. The molecule has 0 aliphatic rings. The lowest BCUT2D eigenvalue weighted by atomic mass is 10.2. The molecule has 10 heteroatoms. The highest BCUT2D eigenvalue weighted by molar-refractivity contribution is 7.89. The summed E-state index contributed by atoms with van der Waals surface area (Å²) in [6, 6.07) is 3.82. The number of aryl methyl sites for hydroxylation is 1. The molecule has 1 heterocycles. The van der Waals surface area contributed by atoms with Gasteiger partial charge in [-0.3, -0.25) is 10.1 Å². The van der Waals surface area contributed by atoms with Gasteiger partial charge in [-0.1, -0.05) is 22.9 Å². The Morgan fingerprint density at radius 1 is 1.33 bits per heavy atom. The molecule has 0 bridgehead atoms. The lowest BCUT2D eigenvalue weighted by Gasteiger charge is -2.21. The van der Waals surface area contributed by atoms with E-state index in [1.807, 2.05) is 0 Å². The molecule has 24 heavy (non-hydrogen) atoms. The zero-order valence-corrected chi connectivity index (χ0v) is 16.0. The standard InChI is InChI=1S/C14H17ClN4O3S2/c1-8(2)19(4)24(21,22)10-5-6-12(15)11(7-10)13(20)16-14-18-17-9(3)23-14/h5-8H,1-4H3,(H,16,18,20). The molecule has 1 aromatic heterocycles. The van der Waals surface area contributed by atoms with Crippen molar-refractivity contribution in [1.82, 2.24) is 14.5 Å². The molecule has 130 valence electrons. The largest absolute Gasteiger partial charge is 0.296 e. The number of anilines is 1. The van der Waals surface area contributed by atoms with E-state index in [0.717, 1.165) is 0 Å². The zero-order chi connectivity index (χ0) is 18.1. The van der Waals surface area contributed by atoms with Crippen LogP contribution < -0.4 is 5.32 Å². The Hall–Kier alpha value is -1.55. The van der Waals surface area contributed by atoms with Crippen LogP contribution in [0.4, 0.5) is 5.13 Å². The summed E-state index contributed by atoms with van der Waals surface area (Å²) in [7, 11) is -2.23. The van der Waals surface area contributed by atoms with Crippen LogP contribution in [0.25, 0.3) is 0 Å². The summed E-state index contributed by atoms with van der Waals surface area (Å²) in [4.78, 5) is 12.4. The predicted molar refractivity (Wildman–Crippen MR) is 94.1 cm³/mol. The highest BCUT2D eigenvalue weighted by atomic mass is 35.5. The summed E-state index contributed by atoms with van der Waals surface area (Å²) in [5.74, 6) is -0.541. The number of halogens is 1. The second-order valence-corrected chi connectivity index (χ2v) is 8.92. The summed E-state index contributed by atoms with van der Waals surface area (Å²) in [6.45, 7) is 5.28. The third-order valence-electron chi connectivity index (χ3n) is 3.33. The van der Waals surface area contributed by atoms with Crippen LogP contribution in [0, 0.1) is 6.92 Å². The highest BCUT2D eigenvalue weighted by Gasteiger charge is 2.25. The average Bonchev–Trinajstić information content (AvgIpc) is 2.91. The number of benzene rings is 1. The third kappa shape index (κ3) is 3.92. The minimum atomic E-state index is -3.71. The molecule has 1 amide bonds. The number of carbonyl (C=O) groups is 1. The molecule has 0 saturated heterocycles.